The van der Waals surface area contributed by atoms with Gasteiger partial charge in [-0.15, -0.1) is 6.58 Å². The molecule has 0 aliphatic carbocycles. The Kier molecular flexibility index (Phi) is 6.53. The van der Waals surface area contributed by atoms with Crippen LogP contribution in [0.25, 0.3) is 17.0 Å². The van der Waals surface area contributed by atoms with E-state index < -0.39 is 17.2 Å². The van der Waals surface area contributed by atoms with E-state index in [2.05, 4.69) is 26.9 Å². The lowest BCUT2D eigenvalue weighted by Gasteiger charge is -2.26. The second-order valence-corrected chi connectivity index (χ2v) is 9.31. The van der Waals surface area contributed by atoms with E-state index in [4.69, 9.17) is 4.98 Å². The number of aromatic amines is 1. The highest BCUT2D eigenvalue weighted by molar-refractivity contribution is 5.73. The highest BCUT2D eigenvalue weighted by Gasteiger charge is 2.30. The maximum Gasteiger partial charge on any atom is 0.186 e. The minimum Gasteiger partial charge on any atom is -0.390 e. The van der Waals surface area contributed by atoms with Crippen LogP contribution in [-0.4, -0.2) is 47.0 Å². The van der Waals surface area contributed by atoms with Gasteiger partial charge < -0.3 is 10.0 Å². The van der Waals surface area contributed by atoms with Crippen LogP contribution < -0.4 is 4.90 Å². The molecule has 0 spiro atoms. The molecule has 0 amide bonds. The van der Waals surface area contributed by atoms with Crippen LogP contribution >= 0.6 is 0 Å². The van der Waals surface area contributed by atoms with Crippen molar-refractivity contribution >= 4 is 11.5 Å². The number of aryl methyl sites for hydroxylation is 1. The molecule has 1 aliphatic rings. The Labute approximate surface area is 207 Å². The van der Waals surface area contributed by atoms with Gasteiger partial charge in [0, 0.05) is 24.7 Å². The van der Waals surface area contributed by atoms with Crippen LogP contribution in [0.2, 0.25) is 0 Å². The number of fused-ring (bicyclic) bond motifs is 1. The Bertz CT molecular complexity index is 1380. The first-order valence-electron chi connectivity index (χ1n) is 12.2. The summed E-state index contributed by atoms with van der Waals surface area (Å²) in [6.45, 7) is 6.36. The standard InChI is InChI=1S/C26H29F2N7O/c1-3-11-26(36,4-2)12-9-22-30-24(33-32-22)19-16-29-35-14-10-23(31-25(19)35)34-13-5-6-21(34)18-15-17(27)7-8-20(18)28/h3,7-8,10,14-16,21,36H,1,4-6,9,11-13H2,2H3,(H,30,32,33)/t21-,26?/m1/s1. The van der Waals surface area contributed by atoms with E-state index in [-0.39, 0.29) is 6.04 Å². The van der Waals surface area contributed by atoms with Crippen molar-refractivity contribution in [3.8, 4) is 11.4 Å². The number of nitrogens with one attached hydrogen (secondary N) is 1. The summed E-state index contributed by atoms with van der Waals surface area (Å²) in [6, 6.07) is 5.10. The molecule has 4 heterocycles. The summed E-state index contributed by atoms with van der Waals surface area (Å²) >= 11 is 0. The van der Waals surface area contributed by atoms with Gasteiger partial charge in [0.25, 0.3) is 0 Å². The molecule has 36 heavy (non-hydrogen) atoms. The number of aliphatic hydroxyl groups is 1. The van der Waals surface area contributed by atoms with Crippen molar-refractivity contribution in [2.75, 3.05) is 11.4 Å². The molecule has 1 aliphatic heterocycles. The van der Waals surface area contributed by atoms with Crippen molar-refractivity contribution in [2.24, 2.45) is 0 Å². The maximum absolute atomic E-state index is 14.5. The molecule has 1 unspecified atom stereocenters. The van der Waals surface area contributed by atoms with Gasteiger partial charge in [0.1, 0.15) is 23.3 Å². The number of nitrogens with zero attached hydrogens (tertiary/aromatic N) is 6. The lowest BCUT2D eigenvalue weighted by molar-refractivity contribution is 0.0303. The zero-order valence-electron chi connectivity index (χ0n) is 20.2. The molecule has 10 heteroatoms. The fourth-order valence-corrected chi connectivity index (χ4v) is 4.88. The van der Waals surface area contributed by atoms with E-state index in [1.807, 2.05) is 17.9 Å². The predicted octanol–water partition coefficient (Wildman–Crippen LogP) is 4.78. The molecule has 0 radical (unpaired) electrons. The number of aromatic nitrogens is 6. The fourth-order valence-electron chi connectivity index (χ4n) is 4.88. The molecule has 0 saturated carbocycles. The molecule has 3 aromatic heterocycles. The minimum absolute atomic E-state index is 0.301. The maximum atomic E-state index is 14.5. The summed E-state index contributed by atoms with van der Waals surface area (Å²) in [5.41, 5.74) is 0.747. The zero-order chi connectivity index (χ0) is 25.3. The number of halogens is 2. The van der Waals surface area contributed by atoms with E-state index in [9.17, 15) is 13.9 Å². The Morgan fingerprint density at radius 3 is 2.94 bits per heavy atom. The molecule has 1 saturated heterocycles. The van der Waals surface area contributed by atoms with Crippen LogP contribution in [0.3, 0.4) is 0 Å². The van der Waals surface area contributed by atoms with Crippen LogP contribution in [0.4, 0.5) is 14.6 Å². The fraction of sp³-hybridized carbons (Fsp3) is 0.385. The van der Waals surface area contributed by atoms with Crippen molar-refractivity contribution in [3.63, 3.8) is 0 Å². The molecule has 0 bridgehead atoms. The highest BCUT2D eigenvalue weighted by Crippen LogP contribution is 2.37. The average molecular weight is 494 g/mol. The van der Waals surface area contributed by atoms with E-state index in [0.717, 1.165) is 12.5 Å². The van der Waals surface area contributed by atoms with Gasteiger partial charge in [-0.05, 0) is 56.4 Å². The Balaban J connectivity index is 1.41. The van der Waals surface area contributed by atoms with Crippen LogP contribution in [0.5, 0.6) is 0 Å². The predicted molar refractivity (Wildman–Crippen MR) is 132 cm³/mol. The van der Waals surface area contributed by atoms with Crippen molar-refractivity contribution in [2.45, 2.75) is 57.1 Å². The molecule has 2 N–H and O–H groups in total. The number of hydrogen-bond acceptors (Lipinski definition) is 6. The summed E-state index contributed by atoms with van der Waals surface area (Å²) < 4.78 is 30.0. The first kappa shape index (κ1) is 24.1. The number of H-pyrrole nitrogens is 1. The van der Waals surface area contributed by atoms with Gasteiger partial charge >= 0.3 is 0 Å². The second kappa shape index (κ2) is 9.77. The lowest BCUT2D eigenvalue weighted by Crippen LogP contribution is -2.27. The van der Waals surface area contributed by atoms with Gasteiger partial charge in [0.15, 0.2) is 11.5 Å². The molecular formula is C26H29F2N7O. The summed E-state index contributed by atoms with van der Waals surface area (Å²) in [5, 5.41) is 22.4. The highest BCUT2D eigenvalue weighted by atomic mass is 19.1. The Hall–Kier alpha value is -3.66. The van der Waals surface area contributed by atoms with Gasteiger partial charge in [-0.1, -0.05) is 13.0 Å². The second-order valence-electron chi connectivity index (χ2n) is 9.31. The summed E-state index contributed by atoms with van der Waals surface area (Å²) in [6.07, 6.45) is 8.95. The molecular weight excluding hydrogens is 464 g/mol. The normalized spacial score (nSPS) is 17.6. The number of anilines is 1. The van der Waals surface area contributed by atoms with Gasteiger partial charge in [0.2, 0.25) is 0 Å². The summed E-state index contributed by atoms with van der Waals surface area (Å²) in [7, 11) is 0. The number of hydrogen-bond donors (Lipinski definition) is 2. The largest absolute Gasteiger partial charge is 0.390 e. The molecule has 1 fully saturated rings. The summed E-state index contributed by atoms with van der Waals surface area (Å²) in [5.74, 6) is 0.904. The van der Waals surface area contributed by atoms with Crippen molar-refractivity contribution in [3.05, 3.63) is 72.3 Å². The van der Waals surface area contributed by atoms with Gasteiger partial charge in [-0.3, -0.25) is 5.10 Å². The van der Waals surface area contributed by atoms with E-state index in [1.54, 1.807) is 23.0 Å². The van der Waals surface area contributed by atoms with Crippen LogP contribution in [0, 0.1) is 11.6 Å². The van der Waals surface area contributed by atoms with Gasteiger partial charge in [-0.2, -0.15) is 10.2 Å². The number of benzene rings is 1. The first-order chi connectivity index (χ1) is 17.4. The average Bonchev–Trinajstić information content (AvgIpc) is 3.63. The Morgan fingerprint density at radius 2 is 2.14 bits per heavy atom. The molecule has 1 aromatic carbocycles. The van der Waals surface area contributed by atoms with Crippen molar-refractivity contribution in [1.29, 1.82) is 0 Å². The molecule has 188 valence electrons. The quantitative estimate of drug-likeness (QED) is 0.326. The minimum atomic E-state index is -0.816. The molecule has 2 atom stereocenters. The molecule has 4 aromatic rings. The van der Waals surface area contributed by atoms with Gasteiger partial charge in [-0.25, -0.2) is 23.3 Å². The van der Waals surface area contributed by atoms with E-state index >= 15 is 0 Å². The summed E-state index contributed by atoms with van der Waals surface area (Å²) in [4.78, 5) is 11.4. The van der Waals surface area contributed by atoms with E-state index in [0.29, 0.717) is 72.9 Å². The number of rotatable bonds is 9. The zero-order valence-corrected chi connectivity index (χ0v) is 20.2. The SMILES string of the molecule is C=CCC(O)(CC)CCc1nc(-c2cnn3ccc(N4CCC[C@@H]4c4cc(F)ccc4F)nc23)n[nH]1. The third kappa shape index (κ3) is 4.60. The van der Waals surface area contributed by atoms with Gasteiger partial charge in [0.05, 0.1) is 23.4 Å². The smallest absolute Gasteiger partial charge is 0.186 e. The Morgan fingerprint density at radius 1 is 1.28 bits per heavy atom. The van der Waals surface area contributed by atoms with Crippen LogP contribution in [0.1, 0.15) is 56.5 Å². The molecule has 5 rings (SSSR count). The monoisotopic (exact) mass is 493 g/mol. The first-order valence-corrected chi connectivity index (χ1v) is 12.2. The lowest BCUT2D eigenvalue weighted by atomic mass is 9.91. The van der Waals surface area contributed by atoms with E-state index in [1.165, 1.54) is 12.1 Å². The van der Waals surface area contributed by atoms with Crippen molar-refractivity contribution < 1.29 is 13.9 Å². The van der Waals surface area contributed by atoms with Crippen molar-refractivity contribution in [1.82, 2.24) is 29.8 Å². The van der Waals surface area contributed by atoms with Crippen LogP contribution in [-0.2, 0) is 6.42 Å². The molecule has 8 nitrogen and oxygen atoms in total. The third-order valence-electron chi connectivity index (χ3n) is 7.00. The van der Waals surface area contributed by atoms with Crippen LogP contribution in [0.15, 0.2) is 49.3 Å². The topological polar surface area (TPSA) is 95.2 Å². The third-order valence-corrected chi connectivity index (χ3v) is 7.00.